The number of likely N-dealkylation sites (N-methyl/N-ethyl adjacent to an activating group) is 1. The Morgan fingerprint density at radius 3 is 2.78 bits per heavy atom. The Bertz CT molecular complexity index is 706. The summed E-state index contributed by atoms with van der Waals surface area (Å²) in [6.07, 6.45) is 1.66. The van der Waals surface area contributed by atoms with Crippen LogP contribution in [0, 0.1) is 5.92 Å². The Kier molecular flexibility index (Phi) is 5.36. The first-order valence-electron chi connectivity index (χ1n) is 7.70. The summed E-state index contributed by atoms with van der Waals surface area (Å²) in [5, 5.41) is 4.97. The molecule has 1 amide bonds. The zero-order valence-corrected chi connectivity index (χ0v) is 14.1. The number of amides is 1. The summed E-state index contributed by atoms with van der Waals surface area (Å²) in [7, 11) is 3.37. The minimum atomic E-state index is -0.0321. The second-order valence-electron chi connectivity index (χ2n) is 6.04. The highest BCUT2D eigenvalue weighted by Crippen LogP contribution is 2.23. The number of hydrogen-bond donors (Lipinski definition) is 0. The normalized spacial score (nSPS) is 11.0. The van der Waals surface area contributed by atoms with E-state index in [-0.39, 0.29) is 12.5 Å². The van der Waals surface area contributed by atoms with Crippen molar-refractivity contribution < 1.29 is 14.3 Å². The smallest absolute Gasteiger partial charge is 0.244 e. The van der Waals surface area contributed by atoms with E-state index in [1.807, 2.05) is 0 Å². The molecule has 0 saturated heterocycles. The molecule has 0 saturated carbocycles. The van der Waals surface area contributed by atoms with Crippen LogP contribution in [0.25, 0.3) is 10.9 Å². The van der Waals surface area contributed by atoms with E-state index in [4.69, 9.17) is 4.74 Å². The van der Waals surface area contributed by atoms with Gasteiger partial charge in [0.2, 0.25) is 5.91 Å². The van der Waals surface area contributed by atoms with Gasteiger partial charge in [-0.2, -0.15) is 5.10 Å². The van der Waals surface area contributed by atoms with Crippen molar-refractivity contribution in [1.82, 2.24) is 14.7 Å². The average Bonchev–Trinajstić information content (AvgIpc) is 2.89. The Morgan fingerprint density at radius 2 is 2.17 bits per heavy atom. The van der Waals surface area contributed by atoms with Gasteiger partial charge in [0, 0.05) is 25.0 Å². The summed E-state index contributed by atoms with van der Waals surface area (Å²) in [5.74, 6) is 1.17. The molecule has 0 unspecified atom stereocenters. The Balaban J connectivity index is 2.25. The number of hydrogen-bond acceptors (Lipinski definition) is 4. The molecule has 0 radical (unpaired) electrons. The van der Waals surface area contributed by atoms with Crippen LogP contribution in [0.4, 0.5) is 0 Å². The number of benzene rings is 1. The summed E-state index contributed by atoms with van der Waals surface area (Å²) in [5.41, 5.74) is 1.05. The lowest BCUT2D eigenvalue weighted by atomic mass is 10.1. The van der Waals surface area contributed by atoms with E-state index >= 15 is 0 Å². The van der Waals surface area contributed by atoms with Crippen LogP contribution < -0.4 is 4.74 Å². The molecule has 0 atom stereocenters. The maximum atomic E-state index is 12.4. The topological polar surface area (TPSA) is 64.4 Å². The first-order chi connectivity index (χ1) is 11.0. The van der Waals surface area contributed by atoms with Gasteiger partial charge in [-0.1, -0.05) is 13.8 Å². The van der Waals surface area contributed by atoms with E-state index in [9.17, 15) is 9.59 Å². The predicted molar refractivity (Wildman–Crippen MR) is 88.8 cm³/mol. The van der Waals surface area contributed by atoms with Crippen LogP contribution in [0.15, 0.2) is 18.2 Å². The number of nitrogens with zero attached hydrogens (tertiary/aromatic N) is 3. The Morgan fingerprint density at radius 1 is 1.43 bits per heavy atom. The minimum absolute atomic E-state index is 0.0321. The molecule has 0 aliphatic carbocycles. The van der Waals surface area contributed by atoms with Crippen molar-refractivity contribution >= 4 is 23.1 Å². The van der Waals surface area contributed by atoms with Crippen molar-refractivity contribution in [3.05, 3.63) is 23.9 Å². The first kappa shape index (κ1) is 17.0. The van der Waals surface area contributed by atoms with Crippen LogP contribution in [0.3, 0.4) is 0 Å². The van der Waals surface area contributed by atoms with Crippen molar-refractivity contribution in [2.75, 3.05) is 20.7 Å². The van der Waals surface area contributed by atoms with Gasteiger partial charge in [0.05, 0.1) is 12.6 Å². The molecule has 1 heterocycles. The minimum Gasteiger partial charge on any atom is -0.497 e. The summed E-state index contributed by atoms with van der Waals surface area (Å²) < 4.78 is 6.78. The lowest BCUT2D eigenvalue weighted by Gasteiger charge is -2.18. The molecular formula is C17H23N3O3. The molecule has 6 heteroatoms. The number of carbonyl (C=O) groups excluding carboxylic acids is 2. The number of carbonyl (C=O) groups is 2. The summed E-state index contributed by atoms with van der Waals surface area (Å²) in [4.78, 5) is 25.3. The Labute approximate surface area is 136 Å². The van der Waals surface area contributed by atoms with E-state index in [2.05, 4.69) is 18.9 Å². The second kappa shape index (κ2) is 7.26. The third-order valence-corrected chi connectivity index (χ3v) is 3.85. The standard InChI is InChI=1S/C17H23N3O3/c1-12(2)7-8-19(3)17(22)10-20-16-9-13(23-4)5-6-14(16)15(11-21)18-20/h5-6,9,11-12H,7-8,10H2,1-4H3. The van der Waals surface area contributed by atoms with Gasteiger partial charge in [-0.05, 0) is 24.5 Å². The molecule has 1 aromatic heterocycles. The lowest BCUT2D eigenvalue weighted by molar-refractivity contribution is -0.130. The highest BCUT2D eigenvalue weighted by molar-refractivity contribution is 5.96. The first-order valence-corrected chi connectivity index (χ1v) is 7.70. The van der Waals surface area contributed by atoms with Gasteiger partial charge in [0.1, 0.15) is 18.0 Å². The number of ether oxygens (including phenoxy) is 1. The fraction of sp³-hybridized carbons (Fsp3) is 0.471. The molecular weight excluding hydrogens is 294 g/mol. The number of fused-ring (bicyclic) bond motifs is 1. The largest absolute Gasteiger partial charge is 0.497 e. The quantitative estimate of drug-likeness (QED) is 0.735. The molecule has 0 spiro atoms. The maximum Gasteiger partial charge on any atom is 0.244 e. The second-order valence-corrected chi connectivity index (χ2v) is 6.04. The summed E-state index contributed by atoms with van der Waals surface area (Å²) >= 11 is 0. The van der Waals surface area contributed by atoms with E-state index < -0.39 is 0 Å². The molecule has 1 aromatic carbocycles. The molecule has 0 fully saturated rings. The SMILES string of the molecule is COc1ccc2c(C=O)nn(CC(=O)N(C)CCC(C)C)c2c1. The van der Waals surface area contributed by atoms with Crippen LogP contribution in [0.2, 0.25) is 0 Å². The third kappa shape index (κ3) is 3.88. The molecule has 0 aliphatic rings. The van der Waals surface area contributed by atoms with Crippen molar-refractivity contribution in [2.24, 2.45) is 5.92 Å². The number of methoxy groups -OCH3 is 1. The molecule has 6 nitrogen and oxygen atoms in total. The molecule has 124 valence electrons. The van der Waals surface area contributed by atoms with Gasteiger partial charge in [0.15, 0.2) is 6.29 Å². The highest BCUT2D eigenvalue weighted by atomic mass is 16.5. The molecule has 0 aliphatic heterocycles. The zero-order chi connectivity index (χ0) is 17.0. The fourth-order valence-electron chi connectivity index (χ4n) is 2.34. The fourth-order valence-corrected chi connectivity index (χ4v) is 2.34. The molecule has 23 heavy (non-hydrogen) atoms. The number of aldehydes is 1. The van der Waals surface area contributed by atoms with E-state index in [0.29, 0.717) is 30.2 Å². The van der Waals surface area contributed by atoms with Crippen LogP contribution in [-0.4, -0.2) is 47.6 Å². The van der Waals surface area contributed by atoms with Crippen molar-refractivity contribution in [3.8, 4) is 5.75 Å². The highest BCUT2D eigenvalue weighted by Gasteiger charge is 2.16. The van der Waals surface area contributed by atoms with Gasteiger partial charge in [-0.15, -0.1) is 0 Å². The van der Waals surface area contributed by atoms with Crippen molar-refractivity contribution in [1.29, 1.82) is 0 Å². The van der Waals surface area contributed by atoms with Crippen molar-refractivity contribution in [3.63, 3.8) is 0 Å². The number of rotatable bonds is 7. The average molecular weight is 317 g/mol. The van der Waals surface area contributed by atoms with Gasteiger partial charge in [-0.25, -0.2) is 0 Å². The van der Waals surface area contributed by atoms with E-state index in [1.165, 1.54) is 0 Å². The van der Waals surface area contributed by atoms with Gasteiger partial charge < -0.3 is 9.64 Å². The third-order valence-electron chi connectivity index (χ3n) is 3.85. The predicted octanol–water partition coefficient (Wildman–Crippen LogP) is 2.36. The Hall–Kier alpha value is -2.37. The summed E-state index contributed by atoms with van der Waals surface area (Å²) in [6.45, 7) is 5.07. The summed E-state index contributed by atoms with van der Waals surface area (Å²) in [6, 6.07) is 5.35. The lowest BCUT2D eigenvalue weighted by Crippen LogP contribution is -2.32. The molecule has 2 aromatic rings. The molecule has 2 rings (SSSR count). The van der Waals surface area contributed by atoms with E-state index in [1.54, 1.807) is 41.9 Å². The molecule has 0 N–H and O–H groups in total. The monoisotopic (exact) mass is 317 g/mol. The van der Waals surface area contributed by atoms with Crippen LogP contribution in [0.1, 0.15) is 30.8 Å². The molecule has 0 bridgehead atoms. The maximum absolute atomic E-state index is 12.4. The number of aromatic nitrogens is 2. The van der Waals surface area contributed by atoms with Crippen LogP contribution in [-0.2, 0) is 11.3 Å². The van der Waals surface area contributed by atoms with Crippen molar-refractivity contribution in [2.45, 2.75) is 26.8 Å². The van der Waals surface area contributed by atoms with Crippen LogP contribution in [0.5, 0.6) is 5.75 Å². The van der Waals surface area contributed by atoms with Crippen LogP contribution >= 0.6 is 0 Å². The van der Waals surface area contributed by atoms with Gasteiger partial charge in [0.25, 0.3) is 0 Å². The van der Waals surface area contributed by atoms with Gasteiger partial charge >= 0.3 is 0 Å². The van der Waals surface area contributed by atoms with Gasteiger partial charge in [-0.3, -0.25) is 14.3 Å². The zero-order valence-electron chi connectivity index (χ0n) is 14.1. The van der Waals surface area contributed by atoms with E-state index in [0.717, 1.165) is 17.3 Å².